The molecular weight excluding hydrogens is 258 g/mol. The molecule has 20 heavy (non-hydrogen) atoms. The molecule has 0 radical (unpaired) electrons. The summed E-state index contributed by atoms with van der Waals surface area (Å²) >= 11 is 0. The van der Waals surface area contributed by atoms with Gasteiger partial charge in [0.1, 0.15) is 6.07 Å². The highest BCUT2D eigenvalue weighted by Gasteiger charge is 2.17. The minimum absolute atomic E-state index is 0.110. The Bertz CT molecular complexity index is 719. The summed E-state index contributed by atoms with van der Waals surface area (Å²) in [6.45, 7) is 1.71. The first-order valence-corrected chi connectivity index (χ1v) is 5.93. The van der Waals surface area contributed by atoms with Crippen LogP contribution in [0, 0.1) is 11.3 Å². The standard InChI is InChI=1S/C14H11N3O3/c1-2-20-14(19)13(18)17-12-6-5-11-9(10(12)8-15)4-3-7-16-11/h3-7H,2H2,1H3,(H,17,18). The molecule has 0 saturated heterocycles. The molecule has 0 aliphatic heterocycles. The third-order valence-corrected chi connectivity index (χ3v) is 2.61. The van der Waals surface area contributed by atoms with Crippen LogP contribution in [-0.2, 0) is 14.3 Å². The van der Waals surface area contributed by atoms with Gasteiger partial charge in [0.15, 0.2) is 0 Å². The molecule has 0 atom stereocenters. The Morgan fingerprint density at radius 2 is 2.20 bits per heavy atom. The number of pyridine rings is 1. The van der Waals surface area contributed by atoms with Crippen LogP contribution in [0.2, 0.25) is 0 Å². The molecule has 0 fully saturated rings. The third-order valence-electron chi connectivity index (χ3n) is 2.61. The molecule has 1 amide bonds. The minimum Gasteiger partial charge on any atom is -0.459 e. The third kappa shape index (κ3) is 2.57. The number of fused-ring (bicyclic) bond motifs is 1. The first-order valence-electron chi connectivity index (χ1n) is 5.93. The van der Waals surface area contributed by atoms with Gasteiger partial charge in [0.2, 0.25) is 0 Å². The summed E-state index contributed by atoms with van der Waals surface area (Å²) < 4.78 is 4.59. The number of nitriles is 1. The van der Waals surface area contributed by atoms with E-state index in [0.29, 0.717) is 10.9 Å². The molecule has 0 saturated carbocycles. The SMILES string of the molecule is CCOC(=O)C(=O)Nc1ccc2ncccc2c1C#N. The number of amides is 1. The van der Waals surface area contributed by atoms with E-state index >= 15 is 0 Å². The summed E-state index contributed by atoms with van der Waals surface area (Å²) in [7, 11) is 0. The average Bonchev–Trinajstić information content (AvgIpc) is 2.47. The number of hydrogen-bond donors (Lipinski definition) is 1. The Kier molecular flexibility index (Phi) is 3.91. The predicted octanol–water partition coefficient (Wildman–Crippen LogP) is 1.61. The number of anilines is 1. The highest BCUT2D eigenvalue weighted by molar-refractivity contribution is 6.37. The Balaban J connectivity index is 2.38. The van der Waals surface area contributed by atoms with E-state index in [0.717, 1.165) is 0 Å². The number of carbonyl (C=O) groups is 2. The maximum Gasteiger partial charge on any atom is 0.397 e. The Labute approximate surface area is 115 Å². The van der Waals surface area contributed by atoms with Gasteiger partial charge < -0.3 is 10.1 Å². The van der Waals surface area contributed by atoms with Crippen molar-refractivity contribution >= 4 is 28.5 Å². The predicted molar refractivity (Wildman–Crippen MR) is 71.7 cm³/mol. The van der Waals surface area contributed by atoms with E-state index < -0.39 is 11.9 Å². The quantitative estimate of drug-likeness (QED) is 0.660. The molecule has 1 aromatic carbocycles. The number of nitrogens with one attached hydrogen (secondary N) is 1. The number of esters is 1. The minimum atomic E-state index is -0.984. The van der Waals surface area contributed by atoms with Gasteiger partial charge in [-0.2, -0.15) is 5.26 Å². The highest BCUT2D eigenvalue weighted by atomic mass is 16.5. The van der Waals surface area contributed by atoms with Crippen LogP contribution in [0.1, 0.15) is 12.5 Å². The van der Waals surface area contributed by atoms with Crippen LogP contribution in [0.5, 0.6) is 0 Å². The van der Waals surface area contributed by atoms with Gasteiger partial charge in [0.05, 0.1) is 23.4 Å². The van der Waals surface area contributed by atoms with Gasteiger partial charge in [0.25, 0.3) is 0 Å². The van der Waals surface area contributed by atoms with E-state index in [2.05, 4.69) is 15.0 Å². The first-order chi connectivity index (χ1) is 9.67. The molecule has 1 N–H and O–H groups in total. The van der Waals surface area contributed by atoms with Crippen molar-refractivity contribution in [3.05, 3.63) is 36.0 Å². The Morgan fingerprint density at radius 3 is 2.90 bits per heavy atom. The number of nitrogens with zero attached hydrogens (tertiary/aromatic N) is 2. The summed E-state index contributed by atoms with van der Waals surface area (Å²) in [5.41, 5.74) is 1.15. The fourth-order valence-electron chi connectivity index (χ4n) is 1.75. The van der Waals surface area contributed by atoms with Crippen LogP contribution in [0.3, 0.4) is 0 Å². The maximum atomic E-state index is 11.6. The van der Waals surface area contributed by atoms with Crippen molar-refractivity contribution in [1.29, 1.82) is 5.26 Å². The number of benzene rings is 1. The Hall–Kier alpha value is -2.94. The van der Waals surface area contributed by atoms with E-state index in [-0.39, 0.29) is 17.9 Å². The zero-order chi connectivity index (χ0) is 14.5. The molecule has 0 aliphatic rings. The number of carbonyl (C=O) groups excluding carboxylic acids is 2. The molecular formula is C14H11N3O3. The van der Waals surface area contributed by atoms with Gasteiger partial charge in [-0.15, -0.1) is 0 Å². The largest absolute Gasteiger partial charge is 0.459 e. The van der Waals surface area contributed by atoms with Crippen LogP contribution in [0.15, 0.2) is 30.5 Å². The second kappa shape index (κ2) is 5.80. The summed E-state index contributed by atoms with van der Waals surface area (Å²) in [5, 5.41) is 12.2. The molecule has 0 unspecified atom stereocenters. The van der Waals surface area contributed by atoms with Crippen molar-refractivity contribution in [2.45, 2.75) is 6.92 Å². The average molecular weight is 269 g/mol. The molecule has 100 valence electrons. The number of ether oxygens (including phenoxy) is 1. The second-order valence-corrected chi connectivity index (χ2v) is 3.84. The smallest absolute Gasteiger partial charge is 0.397 e. The lowest BCUT2D eigenvalue weighted by molar-refractivity contribution is -0.152. The van der Waals surface area contributed by atoms with Crippen LogP contribution in [0.25, 0.3) is 10.9 Å². The first kappa shape index (κ1) is 13.5. The zero-order valence-electron chi connectivity index (χ0n) is 10.7. The molecule has 2 aromatic rings. The van der Waals surface area contributed by atoms with E-state index in [1.165, 1.54) is 6.07 Å². The van der Waals surface area contributed by atoms with Crippen LogP contribution in [-0.4, -0.2) is 23.5 Å². The van der Waals surface area contributed by atoms with Gasteiger partial charge in [-0.1, -0.05) is 0 Å². The van der Waals surface area contributed by atoms with Gasteiger partial charge in [-0.3, -0.25) is 9.78 Å². The van der Waals surface area contributed by atoms with Crippen molar-refractivity contribution in [3.8, 4) is 6.07 Å². The van der Waals surface area contributed by atoms with Crippen LogP contribution < -0.4 is 5.32 Å². The van der Waals surface area contributed by atoms with Crippen LogP contribution in [0.4, 0.5) is 5.69 Å². The lowest BCUT2D eigenvalue weighted by atomic mass is 10.1. The van der Waals surface area contributed by atoms with Crippen molar-refractivity contribution in [2.75, 3.05) is 11.9 Å². The molecule has 2 rings (SSSR count). The molecule has 6 heteroatoms. The summed E-state index contributed by atoms with van der Waals surface area (Å²) in [6.07, 6.45) is 1.61. The summed E-state index contributed by atoms with van der Waals surface area (Å²) in [5.74, 6) is -1.89. The van der Waals surface area contributed by atoms with Crippen molar-refractivity contribution in [2.24, 2.45) is 0 Å². The summed E-state index contributed by atoms with van der Waals surface area (Å²) in [6, 6.07) is 8.62. The molecule has 0 spiro atoms. The van der Waals surface area contributed by atoms with E-state index in [1.807, 2.05) is 6.07 Å². The number of aromatic nitrogens is 1. The van der Waals surface area contributed by atoms with Crippen molar-refractivity contribution in [3.63, 3.8) is 0 Å². The van der Waals surface area contributed by atoms with Crippen molar-refractivity contribution < 1.29 is 14.3 Å². The fraction of sp³-hybridized carbons (Fsp3) is 0.143. The van der Waals surface area contributed by atoms with Gasteiger partial charge >= 0.3 is 11.9 Å². The molecule has 0 bridgehead atoms. The molecule has 6 nitrogen and oxygen atoms in total. The van der Waals surface area contributed by atoms with Crippen molar-refractivity contribution in [1.82, 2.24) is 4.98 Å². The number of rotatable bonds is 2. The fourth-order valence-corrected chi connectivity index (χ4v) is 1.75. The normalized spacial score (nSPS) is 9.80. The van der Waals surface area contributed by atoms with Gasteiger partial charge in [-0.25, -0.2) is 4.79 Å². The van der Waals surface area contributed by atoms with Gasteiger partial charge in [0, 0.05) is 11.6 Å². The monoisotopic (exact) mass is 269 g/mol. The Morgan fingerprint density at radius 1 is 1.40 bits per heavy atom. The van der Waals surface area contributed by atoms with Gasteiger partial charge in [-0.05, 0) is 31.2 Å². The highest BCUT2D eigenvalue weighted by Crippen LogP contribution is 2.24. The second-order valence-electron chi connectivity index (χ2n) is 3.84. The lowest BCUT2D eigenvalue weighted by Crippen LogP contribution is -2.25. The maximum absolute atomic E-state index is 11.6. The molecule has 0 aliphatic carbocycles. The topological polar surface area (TPSA) is 92.1 Å². The zero-order valence-corrected chi connectivity index (χ0v) is 10.7. The molecule has 1 heterocycles. The van der Waals surface area contributed by atoms with E-state index in [1.54, 1.807) is 31.3 Å². The van der Waals surface area contributed by atoms with E-state index in [9.17, 15) is 14.9 Å². The van der Waals surface area contributed by atoms with E-state index in [4.69, 9.17) is 0 Å². The lowest BCUT2D eigenvalue weighted by Gasteiger charge is -2.08. The van der Waals surface area contributed by atoms with Crippen LogP contribution >= 0.6 is 0 Å². The number of hydrogen-bond acceptors (Lipinski definition) is 5. The molecule has 1 aromatic heterocycles. The summed E-state index contributed by atoms with van der Waals surface area (Å²) in [4.78, 5) is 27.0.